The molecule has 0 heterocycles. The Morgan fingerprint density at radius 3 is 2.50 bits per heavy atom. The molecule has 0 saturated heterocycles. The van der Waals surface area contributed by atoms with Gasteiger partial charge in [0.1, 0.15) is 0 Å². The van der Waals surface area contributed by atoms with Crippen LogP contribution >= 0.6 is 15.9 Å². The van der Waals surface area contributed by atoms with Crippen molar-refractivity contribution in [3.05, 3.63) is 39.9 Å². The second kappa shape index (κ2) is 5.60. The first kappa shape index (κ1) is 12.6. The average Bonchev–Trinajstić information content (AvgIpc) is 2.28. The molecule has 16 heavy (non-hydrogen) atoms. The quantitative estimate of drug-likeness (QED) is 0.524. The Hall–Kier alpha value is -1.43. The summed E-state index contributed by atoms with van der Waals surface area (Å²) < 4.78 is 0. The molecule has 0 radical (unpaired) electrons. The van der Waals surface area contributed by atoms with E-state index < -0.39 is 4.92 Å². The zero-order valence-electron chi connectivity index (χ0n) is 8.64. The minimum Gasteiger partial charge on any atom is -0.349 e. The van der Waals surface area contributed by atoms with E-state index in [2.05, 4.69) is 21.2 Å². The molecule has 86 valence electrons. The average molecular weight is 287 g/mol. The smallest absolute Gasteiger partial charge is 0.269 e. The molecule has 0 aliphatic rings. The maximum Gasteiger partial charge on any atom is 0.269 e. The number of rotatable bonds is 4. The number of hydrogen-bond acceptors (Lipinski definition) is 3. The molecule has 6 heteroatoms. The molecular weight excluding hydrogens is 276 g/mol. The Kier molecular flexibility index (Phi) is 4.42. The van der Waals surface area contributed by atoms with Crippen LogP contribution in [0.25, 0.3) is 0 Å². The number of carbonyl (C=O) groups excluding carboxylic acids is 1. The molecule has 1 amide bonds. The fourth-order valence-corrected chi connectivity index (χ4v) is 1.41. The van der Waals surface area contributed by atoms with Crippen LogP contribution in [0.1, 0.15) is 18.5 Å². The van der Waals surface area contributed by atoms with Crippen LogP contribution in [0.15, 0.2) is 24.3 Å². The first-order valence-corrected chi connectivity index (χ1v) is 5.76. The van der Waals surface area contributed by atoms with Gasteiger partial charge >= 0.3 is 0 Å². The van der Waals surface area contributed by atoms with Crippen molar-refractivity contribution in [3.8, 4) is 0 Å². The fraction of sp³-hybridized carbons (Fsp3) is 0.300. The van der Waals surface area contributed by atoms with Gasteiger partial charge in [0.25, 0.3) is 5.69 Å². The highest BCUT2D eigenvalue weighted by Gasteiger charge is 2.10. The van der Waals surface area contributed by atoms with Crippen molar-refractivity contribution in [1.29, 1.82) is 0 Å². The van der Waals surface area contributed by atoms with Gasteiger partial charge < -0.3 is 5.32 Å². The van der Waals surface area contributed by atoms with Crippen molar-refractivity contribution in [2.45, 2.75) is 13.0 Å². The zero-order chi connectivity index (χ0) is 12.1. The molecule has 1 aromatic carbocycles. The van der Waals surface area contributed by atoms with Crippen LogP contribution in [0.5, 0.6) is 0 Å². The summed E-state index contributed by atoms with van der Waals surface area (Å²) in [7, 11) is 0. The number of nitrogens with zero attached hydrogens (tertiary/aromatic N) is 1. The first-order chi connectivity index (χ1) is 7.54. The molecule has 0 saturated carbocycles. The van der Waals surface area contributed by atoms with Gasteiger partial charge in [-0.1, -0.05) is 28.1 Å². The third-order valence-corrected chi connectivity index (χ3v) is 2.61. The van der Waals surface area contributed by atoms with E-state index in [1.54, 1.807) is 12.1 Å². The number of nitro benzene ring substituents is 1. The molecule has 1 unspecified atom stereocenters. The van der Waals surface area contributed by atoms with Crippen molar-refractivity contribution >= 4 is 27.5 Å². The number of alkyl halides is 1. The summed E-state index contributed by atoms with van der Waals surface area (Å²) in [5.41, 5.74) is 0.877. The molecule has 1 N–H and O–H groups in total. The van der Waals surface area contributed by atoms with Crippen LogP contribution in [0.2, 0.25) is 0 Å². The van der Waals surface area contributed by atoms with Gasteiger partial charge in [-0.3, -0.25) is 14.9 Å². The third-order valence-electron chi connectivity index (χ3n) is 2.10. The lowest BCUT2D eigenvalue weighted by Gasteiger charge is -2.12. The Bertz CT molecular complexity index is 392. The van der Waals surface area contributed by atoms with Gasteiger partial charge in [-0.25, -0.2) is 0 Å². The number of amides is 1. The van der Waals surface area contributed by atoms with Gasteiger partial charge in [0, 0.05) is 12.1 Å². The van der Waals surface area contributed by atoms with Crippen molar-refractivity contribution in [2.75, 3.05) is 5.33 Å². The van der Waals surface area contributed by atoms with E-state index in [1.807, 2.05) is 6.92 Å². The van der Waals surface area contributed by atoms with E-state index in [1.165, 1.54) is 12.1 Å². The molecule has 0 aromatic heterocycles. The standard InChI is InChI=1S/C10H11BrN2O3/c1-7(12-10(14)6-11)8-2-4-9(5-3-8)13(15)16/h2-5,7H,6H2,1H3,(H,12,14). The summed E-state index contributed by atoms with van der Waals surface area (Å²) in [6.07, 6.45) is 0. The number of nitro groups is 1. The number of halogens is 1. The maximum atomic E-state index is 11.1. The second-order valence-electron chi connectivity index (χ2n) is 3.27. The second-order valence-corrected chi connectivity index (χ2v) is 3.83. The summed E-state index contributed by atoms with van der Waals surface area (Å²) in [5, 5.41) is 13.4. The number of carbonyl (C=O) groups is 1. The van der Waals surface area contributed by atoms with Crippen LogP contribution in [-0.4, -0.2) is 16.2 Å². The lowest BCUT2D eigenvalue weighted by molar-refractivity contribution is -0.384. The van der Waals surface area contributed by atoms with E-state index in [0.717, 1.165) is 5.56 Å². The van der Waals surface area contributed by atoms with Crippen LogP contribution in [-0.2, 0) is 4.79 Å². The van der Waals surface area contributed by atoms with Crippen LogP contribution in [0.3, 0.4) is 0 Å². The lowest BCUT2D eigenvalue weighted by atomic mass is 10.1. The predicted octanol–water partition coefficient (Wildman–Crippen LogP) is 2.17. The summed E-state index contributed by atoms with van der Waals surface area (Å²) in [6, 6.07) is 5.96. The minimum absolute atomic E-state index is 0.0442. The third kappa shape index (κ3) is 3.30. The highest BCUT2D eigenvalue weighted by molar-refractivity contribution is 9.09. The van der Waals surface area contributed by atoms with Crippen molar-refractivity contribution in [2.24, 2.45) is 0 Å². The SMILES string of the molecule is CC(NC(=O)CBr)c1ccc([N+](=O)[O-])cc1. The van der Waals surface area contributed by atoms with Gasteiger partial charge in [0.15, 0.2) is 0 Å². The largest absolute Gasteiger partial charge is 0.349 e. The van der Waals surface area contributed by atoms with E-state index in [4.69, 9.17) is 0 Å². The van der Waals surface area contributed by atoms with Gasteiger partial charge in [0.2, 0.25) is 5.91 Å². The monoisotopic (exact) mass is 286 g/mol. The van der Waals surface area contributed by atoms with E-state index in [9.17, 15) is 14.9 Å². The Labute approximate surface area is 101 Å². The molecule has 1 rings (SSSR count). The van der Waals surface area contributed by atoms with E-state index in [-0.39, 0.29) is 23.0 Å². The van der Waals surface area contributed by atoms with Crippen LogP contribution in [0, 0.1) is 10.1 Å². The van der Waals surface area contributed by atoms with E-state index in [0.29, 0.717) is 0 Å². The topological polar surface area (TPSA) is 72.2 Å². The first-order valence-electron chi connectivity index (χ1n) is 4.64. The molecule has 0 bridgehead atoms. The number of non-ortho nitro benzene ring substituents is 1. The number of benzene rings is 1. The lowest BCUT2D eigenvalue weighted by Crippen LogP contribution is -2.27. The number of hydrogen-bond donors (Lipinski definition) is 1. The van der Waals surface area contributed by atoms with Crippen molar-refractivity contribution in [1.82, 2.24) is 5.32 Å². The molecule has 0 aliphatic carbocycles. The highest BCUT2D eigenvalue weighted by atomic mass is 79.9. The van der Waals surface area contributed by atoms with Gasteiger partial charge in [0.05, 0.1) is 16.3 Å². The molecule has 0 fully saturated rings. The number of nitrogens with one attached hydrogen (secondary N) is 1. The Morgan fingerprint density at radius 2 is 2.06 bits per heavy atom. The van der Waals surface area contributed by atoms with Crippen LogP contribution in [0.4, 0.5) is 5.69 Å². The molecule has 1 atom stereocenters. The molecular formula is C10H11BrN2O3. The van der Waals surface area contributed by atoms with E-state index >= 15 is 0 Å². The normalized spacial score (nSPS) is 11.9. The summed E-state index contributed by atoms with van der Waals surface area (Å²) in [5.74, 6) is -0.120. The Balaban J connectivity index is 2.73. The Morgan fingerprint density at radius 1 is 1.50 bits per heavy atom. The fourth-order valence-electron chi connectivity index (χ4n) is 1.25. The predicted molar refractivity (Wildman–Crippen MR) is 63.4 cm³/mol. The van der Waals surface area contributed by atoms with Gasteiger partial charge in [-0.05, 0) is 12.5 Å². The molecule has 0 spiro atoms. The molecule has 0 aliphatic heterocycles. The van der Waals surface area contributed by atoms with Crippen LogP contribution < -0.4 is 5.32 Å². The van der Waals surface area contributed by atoms with Gasteiger partial charge in [-0.2, -0.15) is 0 Å². The van der Waals surface area contributed by atoms with Crippen molar-refractivity contribution in [3.63, 3.8) is 0 Å². The summed E-state index contributed by atoms with van der Waals surface area (Å²) in [6.45, 7) is 1.82. The maximum absolute atomic E-state index is 11.1. The zero-order valence-corrected chi connectivity index (χ0v) is 10.2. The minimum atomic E-state index is -0.453. The molecule has 1 aromatic rings. The van der Waals surface area contributed by atoms with Gasteiger partial charge in [-0.15, -0.1) is 0 Å². The molecule has 5 nitrogen and oxygen atoms in total. The van der Waals surface area contributed by atoms with Crippen molar-refractivity contribution < 1.29 is 9.72 Å². The summed E-state index contributed by atoms with van der Waals surface area (Å²) in [4.78, 5) is 21.1. The highest BCUT2D eigenvalue weighted by Crippen LogP contribution is 2.17. The summed E-state index contributed by atoms with van der Waals surface area (Å²) >= 11 is 3.05.